The van der Waals surface area contributed by atoms with Crippen molar-refractivity contribution in [2.45, 2.75) is 39.7 Å². The number of anilines is 1. The van der Waals surface area contributed by atoms with Crippen LogP contribution >= 0.6 is 0 Å². The van der Waals surface area contributed by atoms with Crippen molar-refractivity contribution >= 4 is 34.6 Å². The van der Waals surface area contributed by atoms with E-state index in [1.54, 1.807) is 19.2 Å². The maximum atomic E-state index is 13.0. The number of carbonyl (C=O) groups excluding carboxylic acids is 3. The van der Waals surface area contributed by atoms with Gasteiger partial charge in [0.2, 0.25) is 0 Å². The molecule has 9 heteroatoms. The lowest BCUT2D eigenvalue weighted by atomic mass is 9.82. The molecule has 3 aromatic carbocycles. The van der Waals surface area contributed by atoms with Crippen LogP contribution in [-0.4, -0.2) is 43.3 Å². The van der Waals surface area contributed by atoms with Crippen LogP contribution in [0.15, 0.2) is 72.9 Å². The second-order valence-electron chi connectivity index (χ2n) is 10.5. The number of ether oxygens (including phenoxy) is 3. The highest BCUT2D eigenvalue weighted by Gasteiger charge is 2.36. The molecule has 0 bridgehead atoms. The van der Waals surface area contributed by atoms with Gasteiger partial charge in [0, 0.05) is 48.4 Å². The number of hydrogen-bond donors (Lipinski definition) is 2. The summed E-state index contributed by atoms with van der Waals surface area (Å²) >= 11 is 0. The van der Waals surface area contributed by atoms with Crippen molar-refractivity contribution in [2.24, 2.45) is 12.5 Å². The molecule has 2 N–H and O–H groups in total. The van der Waals surface area contributed by atoms with Crippen molar-refractivity contribution in [2.75, 3.05) is 26.1 Å². The zero-order chi connectivity index (χ0) is 31.0. The van der Waals surface area contributed by atoms with E-state index in [9.17, 15) is 14.4 Å². The quantitative estimate of drug-likeness (QED) is 0.191. The predicted molar refractivity (Wildman–Crippen MR) is 166 cm³/mol. The molecule has 0 radical (unpaired) electrons. The molecule has 0 atom stereocenters. The minimum Gasteiger partial charge on any atom is -0.496 e. The van der Waals surface area contributed by atoms with E-state index >= 15 is 0 Å². The van der Waals surface area contributed by atoms with Gasteiger partial charge in [-0.15, -0.1) is 0 Å². The van der Waals surface area contributed by atoms with E-state index < -0.39 is 11.5 Å². The lowest BCUT2D eigenvalue weighted by molar-refractivity contribution is -0.152. The summed E-state index contributed by atoms with van der Waals surface area (Å²) in [4.78, 5) is 37.9. The molecule has 2 amide bonds. The lowest BCUT2D eigenvalue weighted by Gasteiger charge is -2.28. The molecule has 43 heavy (non-hydrogen) atoms. The first-order valence-electron chi connectivity index (χ1n) is 14.3. The number of nitrogens with one attached hydrogen (secondary N) is 2. The molecule has 0 aliphatic rings. The van der Waals surface area contributed by atoms with Crippen LogP contribution < -0.4 is 15.4 Å². The Morgan fingerprint density at radius 1 is 0.907 bits per heavy atom. The summed E-state index contributed by atoms with van der Waals surface area (Å²) in [5.41, 5.74) is 4.14. The topological polar surface area (TPSA) is 108 Å². The van der Waals surface area contributed by atoms with Crippen LogP contribution in [0.3, 0.4) is 0 Å². The summed E-state index contributed by atoms with van der Waals surface area (Å²) < 4.78 is 18.1. The number of aromatic nitrogens is 1. The molecule has 0 aliphatic heterocycles. The number of aryl methyl sites for hydroxylation is 1. The van der Waals surface area contributed by atoms with Crippen LogP contribution in [0.4, 0.5) is 10.5 Å². The number of carbonyl (C=O) groups is 3. The second kappa shape index (κ2) is 13.9. The van der Waals surface area contributed by atoms with Gasteiger partial charge in [-0.1, -0.05) is 50.2 Å². The summed E-state index contributed by atoms with van der Waals surface area (Å²) in [6.07, 6.45) is 3.16. The molecule has 0 spiro atoms. The molecule has 0 unspecified atom stereocenters. The number of hydrogen-bond acceptors (Lipinski definition) is 6. The predicted octanol–water partition coefficient (Wildman–Crippen LogP) is 6.24. The Balaban J connectivity index is 1.49. The number of esters is 1. The van der Waals surface area contributed by atoms with Crippen LogP contribution in [0.25, 0.3) is 10.9 Å². The van der Waals surface area contributed by atoms with Crippen molar-refractivity contribution in [3.8, 4) is 5.75 Å². The van der Waals surface area contributed by atoms with Crippen LogP contribution in [0.5, 0.6) is 5.75 Å². The Morgan fingerprint density at radius 2 is 1.65 bits per heavy atom. The molecule has 1 heterocycles. The normalized spacial score (nSPS) is 11.2. The number of methoxy groups -OCH3 is 2. The van der Waals surface area contributed by atoms with E-state index in [0.717, 1.165) is 27.6 Å². The van der Waals surface area contributed by atoms with Crippen molar-refractivity contribution in [1.82, 2.24) is 9.88 Å². The maximum absolute atomic E-state index is 13.0. The summed E-state index contributed by atoms with van der Waals surface area (Å²) in [6.45, 7) is 4.19. The highest BCUT2D eigenvalue weighted by atomic mass is 16.5. The fraction of sp³-hybridized carbons (Fsp3) is 0.324. The van der Waals surface area contributed by atoms with Gasteiger partial charge in [0.05, 0.1) is 19.6 Å². The monoisotopic (exact) mass is 585 g/mol. The van der Waals surface area contributed by atoms with E-state index in [1.165, 1.54) is 7.11 Å². The van der Waals surface area contributed by atoms with Crippen LogP contribution in [0.1, 0.15) is 53.7 Å². The Morgan fingerprint density at radius 3 is 2.33 bits per heavy atom. The lowest BCUT2D eigenvalue weighted by Crippen LogP contribution is -2.43. The summed E-state index contributed by atoms with van der Waals surface area (Å²) in [6, 6.07) is 20.6. The summed E-state index contributed by atoms with van der Waals surface area (Å²) in [5.74, 6) is -0.0445. The van der Waals surface area contributed by atoms with Gasteiger partial charge in [0.25, 0.3) is 5.91 Å². The average molecular weight is 586 g/mol. The van der Waals surface area contributed by atoms with Gasteiger partial charge < -0.3 is 24.1 Å². The highest BCUT2D eigenvalue weighted by molar-refractivity contribution is 5.95. The first kappa shape index (κ1) is 31.2. The molecule has 4 rings (SSSR count). The Labute approximate surface area is 252 Å². The van der Waals surface area contributed by atoms with E-state index in [1.807, 2.05) is 86.3 Å². The van der Waals surface area contributed by atoms with Gasteiger partial charge in [0.1, 0.15) is 12.4 Å². The van der Waals surface area contributed by atoms with E-state index in [4.69, 9.17) is 14.2 Å². The van der Waals surface area contributed by atoms with Crippen molar-refractivity contribution in [3.05, 3.63) is 95.2 Å². The minimum absolute atomic E-state index is 0.182. The first-order chi connectivity index (χ1) is 20.7. The van der Waals surface area contributed by atoms with E-state index in [-0.39, 0.29) is 25.0 Å². The zero-order valence-electron chi connectivity index (χ0n) is 25.4. The van der Waals surface area contributed by atoms with Gasteiger partial charge in [-0.05, 0) is 59.9 Å². The standard InChI is InChI=1S/C34H39N3O6/c1-6-34(7-2,32(39)42-5)22-35-31(38)25-14-13-24(30(18-25)41-4)17-26-20-37(3)29-16-15-27(19-28(26)29)36-33(40)43-21-23-11-9-8-10-12-23/h8-16,18-20H,6-7,17,21-22H2,1-5H3,(H,35,38)(H,36,40). The molecular weight excluding hydrogens is 546 g/mol. The third kappa shape index (κ3) is 7.17. The van der Waals surface area contributed by atoms with Gasteiger partial charge in [-0.25, -0.2) is 4.79 Å². The molecule has 226 valence electrons. The highest BCUT2D eigenvalue weighted by Crippen LogP contribution is 2.31. The van der Waals surface area contributed by atoms with Crippen LogP contribution in [-0.2, 0) is 34.3 Å². The number of fused-ring (bicyclic) bond motifs is 1. The van der Waals surface area contributed by atoms with Gasteiger partial charge in [-0.2, -0.15) is 0 Å². The minimum atomic E-state index is -0.769. The number of rotatable bonds is 12. The molecule has 9 nitrogen and oxygen atoms in total. The van der Waals surface area contributed by atoms with E-state index in [0.29, 0.717) is 36.3 Å². The fourth-order valence-corrected chi connectivity index (χ4v) is 5.24. The van der Waals surface area contributed by atoms with Crippen molar-refractivity contribution in [1.29, 1.82) is 0 Å². The number of nitrogens with zero attached hydrogens (tertiary/aromatic N) is 1. The fourth-order valence-electron chi connectivity index (χ4n) is 5.24. The van der Waals surface area contributed by atoms with Gasteiger partial charge >= 0.3 is 12.1 Å². The molecule has 0 fully saturated rings. The maximum Gasteiger partial charge on any atom is 0.411 e. The SMILES string of the molecule is CCC(CC)(CNC(=O)c1ccc(Cc2cn(C)c3ccc(NC(=O)OCc4ccccc4)cc23)c(OC)c1)C(=O)OC. The first-order valence-corrected chi connectivity index (χ1v) is 14.3. The third-order valence-electron chi connectivity index (χ3n) is 8.02. The largest absolute Gasteiger partial charge is 0.496 e. The van der Waals surface area contributed by atoms with Crippen molar-refractivity contribution < 1.29 is 28.6 Å². The molecule has 1 aromatic heterocycles. The second-order valence-corrected chi connectivity index (χ2v) is 10.5. The van der Waals surface area contributed by atoms with E-state index in [2.05, 4.69) is 10.6 Å². The Bertz CT molecular complexity index is 1590. The summed E-state index contributed by atoms with van der Waals surface area (Å²) in [7, 11) is 4.91. The average Bonchev–Trinajstić information content (AvgIpc) is 3.34. The molecule has 0 aliphatic carbocycles. The van der Waals surface area contributed by atoms with Gasteiger partial charge in [0.15, 0.2) is 0 Å². The van der Waals surface area contributed by atoms with Crippen LogP contribution in [0.2, 0.25) is 0 Å². The molecular formula is C34H39N3O6. The Kier molecular flexibility index (Phi) is 10.1. The molecule has 0 saturated carbocycles. The molecule has 4 aromatic rings. The smallest absolute Gasteiger partial charge is 0.411 e. The summed E-state index contributed by atoms with van der Waals surface area (Å²) in [5, 5.41) is 6.70. The Hall–Kier alpha value is -4.79. The zero-order valence-corrected chi connectivity index (χ0v) is 25.4. The van der Waals surface area contributed by atoms with Gasteiger partial charge in [-0.3, -0.25) is 14.9 Å². The van der Waals surface area contributed by atoms with Crippen LogP contribution in [0, 0.1) is 5.41 Å². The third-order valence-corrected chi connectivity index (χ3v) is 8.02. The number of amides is 2. The van der Waals surface area contributed by atoms with Crippen molar-refractivity contribution in [3.63, 3.8) is 0 Å². The molecule has 0 saturated heterocycles. The number of benzene rings is 3.